The minimum Gasteiger partial charge on any atom is -0.465 e. The second-order valence-electron chi connectivity index (χ2n) is 7.03. The Labute approximate surface area is 209 Å². The van der Waals surface area contributed by atoms with Crippen molar-refractivity contribution in [1.82, 2.24) is 14.8 Å². The highest BCUT2D eigenvalue weighted by atomic mass is 35.5. The first-order valence-corrected chi connectivity index (χ1v) is 12.4. The predicted molar refractivity (Wildman–Crippen MR) is 131 cm³/mol. The van der Waals surface area contributed by atoms with E-state index in [-0.39, 0.29) is 27.1 Å². The normalized spacial score (nSPS) is 10.7. The number of carbonyl (C=O) groups is 3. The number of methoxy groups -OCH3 is 2. The monoisotopic (exact) mass is 522 g/mol. The Morgan fingerprint density at radius 1 is 1.12 bits per heavy atom. The summed E-state index contributed by atoms with van der Waals surface area (Å²) in [5.41, 5.74) is 1.57. The Balaban J connectivity index is 1.72. The molecule has 0 saturated carbocycles. The minimum absolute atomic E-state index is 0.0319. The molecule has 0 atom stereocenters. The maximum absolute atomic E-state index is 12.7. The molecule has 0 spiro atoms. The van der Waals surface area contributed by atoms with E-state index in [1.165, 1.54) is 26.0 Å². The third-order valence-corrected chi connectivity index (χ3v) is 7.28. The number of rotatable bonds is 9. The number of hydrogen-bond donors (Lipinski definition) is 1. The highest BCUT2D eigenvalue weighted by Crippen LogP contribution is 2.34. The molecular weight excluding hydrogens is 500 g/mol. The Morgan fingerprint density at radius 2 is 1.79 bits per heavy atom. The number of aromatic nitrogens is 3. The van der Waals surface area contributed by atoms with Crippen LogP contribution in [0, 0.1) is 6.92 Å². The van der Waals surface area contributed by atoms with Crippen LogP contribution in [-0.2, 0) is 27.2 Å². The van der Waals surface area contributed by atoms with Crippen molar-refractivity contribution in [2.45, 2.75) is 32.0 Å². The molecule has 3 aromatic rings. The summed E-state index contributed by atoms with van der Waals surface area (Å²) < 4.78 is 11.5. The van der Waals surface area contributed by atoms with Gasteiger partial charge in [0.2, 0.25) is 5.91 Å². The fourth-order valence-electron chi connectivity index (χ4n) is 3.19. The van der Waals surface area contributed by atoms with Gasteiger partial charge in [-0.3, -0.25) is 4.79 Å². The van der Waals surface area contributed by atoms with Crippen LogP contribution in [0.4, 0.5) is 5.00 Å². The van der Waals surface area contributed by atoms with Gasteiger partial charge < -0.3 is 19.4 Å². The molecule has 0 saturated heterocycles. The zero-order valence-corrected chi connectivity index (χ0v) is 21.4. The fourth-order valence-corrected chi connectivity index (χ4v) is 5.27. The Kier molecular flexibility index (Phi) is 8.70. The van der Waals surface area contributed by atoms with Crippen molar-refractivity contribution >= 4 is 57.5 Å². The molecule has 0 radical (unpaired) electrons. The molecule has 2 aromatic heterocycles. The first kappa shape index (κ1) is 25.7. The average molecular weight is 523 g/mol. The fraction of sp³-hybridized carbons (Fsp3) is 0.318. The third kappa shape index (κ3) is 5.78. The summed E-state index contributed by atoms with van der Waals surface area (Å²) in [5.74, 6) is -0.796. The van der Waals surface area contributed by atoms with Crippen LogP contribution in [0.3, 0.4) is 0 Å². The van der Waals surface area contributed by atoms with E-state index in [0.29, 0.717) is 28.7 Å². The number of anilines is 1. The van der Waals surface area contributed by atoms with E-state index in [1.54, 1.807) is 6.92 Å². The maximum atomic E-state index is 12.7. The third-order valence-electron chi connectivity index (χ3n) is 4.88. The molecule has 1 N–H and O–H groups in total. The largest absolute Gasteiger partial charge is 0.465 e. The number of benzene rings is 1. The number of thiophene rings is 1. The SMILES string of the molecule is CCn1c(Cc2ccc(Cl)cc2)nnc1SCC(=O)Nc1sc(C(=O)OC)c(C)c1C(=O)OC. The summed E-state index contributed by atoms with van der Waals surface area (Å²) in [6.45, 7) is 4.22. The lowest BCUT2D eigenvalue weighted by Crippen LogP contribution is -2.16. The van der Waals surface area contributed by atoms with Gasteiger partial charge in [0, 0.05) is 18.0 Å². The van der Waals surface area contributed by atoms with Crippen LogP contribution < -0.4 is 5.32 Å². The molecule has 3 rings (SSSR count). The number of esters is 2. The van der Waals surface area contributed by atoms with Crippen LogP contribution in [0.2, 0.25) is 5.02 Å². The lowest BCUT2D eigenvalue weighted by molar-refractivity contribution is -0.113. The molecule has 0 aliphatic rings. The van der Waals surface area contributed by atoms with E-state index in [1.807, 2.05) is 35.8 Å². The topological polar surface area (TPSA) is 112 Å². The first-order valence-electron chi connectivity index (χ1n) is 10.2. The van der Waals surface area contributed by atoms with Gasteiger partial charge in [-0.15, -0.1) is 21.5 Å². The Morgan fingerprint density at radius 3 is 2.41 bits per heavy atom. The van der Waals surface area contributed by atoms with Gasteiger partial charge in [0.15, 0.2) is 5.16 Å². The quantitative estimate of drug-likeness (QED) is 0.328. The van der Waals surface area contributed by atoms with Crippen molar-refractivity contribution in [3.8, 4) is 0 Å². The Hall–Kier alpha value is -2.89. The highest BCUT2D eigenvalue weighted by Gasteiger charge is 2.27. The molecule has 1 aromatic carbocycles. The molecule has 0 bridgehead atoms. The molecule has 0 fully saturated rings. The van der Waals surface area contributed by atoms with E-state index < -0.39 is 11.9 Å². The molecule has 0 unspecified atom stereocenters. The number of carbonyl (C=O) groups excluding carboxylic acids is 3. The van der Waals surface area contributed by atoms with Crippen LogP contribution in [0.1, 0.15) is 43.9 Å². The summed E-state index contributed by atoms with van der Waals surface area (Å²) in [6, 6.07) is 7.51. The number of nitrogens with zero attached hydrogens (tertiary/aromatic N) is 3. The summed E-state index contributed by atoms with van der Waals surface area (Å²) in [4.78, 5) is 37.2. The van der Waals surface area contributed by atoms with Crippen LogP contribution in [-0.4, -0.2) is 52.6 Å². The Bertz CT molecular complexity index is 1210. The van der Waals surface area contributed by atoms with Crippen LogP contribution in [0.15, 0.2) is 29.4 Å². The molecule has 1 amide bonds. The lowest BCUT2D eigenvalue weighted by Gasteiger charge is -2.08. The average Bonchev–Trinajstić information content (AvgIpc) is 3.37. The van der Waals surface area contributed by atoms with Crippen molar-refractivity contribution in [2.75, 3.05) is 25.3 Å². The van der Waals surface area contributed by atoms with Gasteiger partial charge in [-0.05, 0) is 37.1 Å². The summed E-state index contributed by atoms with van der Waals surface area (Å²) >= 11 is 8.15. The van der Waals surface area contributed by atoms with E-state index in [0.717, 1.165) is 22.7 Å². The number of thioether (sulfide) groups is 1. The van der Waals surface area contributed by atoms with Crippen molar-refractivity contribution in [1.29, 1.82) is 0 Å². The smallest absolute Gasteiger partial charge is 0.348 e. The van der Waals surface area contributed by atoms with Gasteiger partial charge in [-0.2, -0.15) is 0 Å². The van der Waals surface area contributed by atoms with E-state index in [9.17, 15) is 14.4 Å². The number of halogens is 1. The van der Waals surface area contributed by atoms with Gasteiger partial charge in [-0.1, -0.05) is 35.5 Å². The molecule has 0 aliphatic carbocycles. The van der Waals surface area contributed by atoms with E-state index in [2.05, 4.69) is 15.5 Å². The standard InChI is InChI=1S/C22H23ClN4O5S2/c1-5-27-15(10-13-6-8-14(23)9-7-13)25-26-22(27)33-11-16(28)24-19-17(20(29)31-3)12(2)18(34-19)21(30)32-4/h6-9H,5,10-11H2,1-4H3,(H,24,28). The van der Waals surface area contributed by atoms with Crippen LogP contribution in [0.5, 0.6) is 0 Å². The van der Waals surface area contributed by atoms with Crippen molar-refractivity contribution in [2.24, 2.45) is 0 Å². The first-order chi connectivity index (χ1) is 16.3. The summed E-state index contributed by atoms with van der Waals surface area (Å²) in [5, 5.41) is 12.7. The van der Waals surface area contributed by atoms with Crippen molar-refractivity contribution < 1.29 is 23.9 Å². The molecule has 2 heterocycles. The number of hydrogen-bond acceptors (Lipinski definition) is 9. The van der Waals surface area contributed by atoms with Crippen LogP contribution >= 0.6 is 34.7 Å². The van der Waals surface area contributed by atoms with Crippen molar-refractivity contribution in [3.05, 3.63) is 56.7 Å². The summed E-state index contributed by atoms with van der Waals surface area (Å²) in [6.07, 6.45) is 0.581. The molecule has 12 heteroatoms. The second kappa shape index (κ2) is 11.5. The zero-order valence-electron chi connectivity index (χ0n) is 19.0. The molecule has 9 nitrogen and oxygen atoms in total. The van der Waals surface area contributed by atoms with Gasteiger partial charge in [0.25, 0.3) is 0 Å². The maximum Gasteiger partial charge on any atom is 0.348 e. The predicted octanol–water partition coefficient (Wildman–Crippen LogP) is 4.22. The van der Waals surface area contributed by atoms with Gasteiger partial charge in [-0.25, -0.2) is 9.59 Å². The van der Waals surface area contributed by atoms with Gasteiger partial charge in [0.05, 0.1) is 25.5 Å². The summed E-state index contributed by atoms with van der Waals surface area (Å²) in [7, 11) is 2.48. The second-order valence-corrected chi connectivity index (χ2v) is 9.43. The van der Waals surface area contributed by atoms with Crippen LogP contribution in [0.25, 0.3) is 0 Å². The van der Waals surface area contributed by atoms with Gasteiger partial charge >= 0.3 is 11.9 Å². The minimum atomic E-state index is -0.649. The highest BCUT2D eigenvalue weighted by molar-refractivity contribution is 7.99. The van der Waals surface area contributed by atoms with Gasteiger partial charge in [0.1, 0.15) is 15.7 Å². The molecule has 0 aliphatic heterocycles. The molecule has 34 heavy (non-hydrogen) atoms. The molecule has 180 valence electrons. The number of ether oxygens (including phenoxy) is 2. The van der Waals surface area contributed by atoms with E-state index >= 15 is 0 Å². The zero-order chi connectivity index (χ0) is 24.8. The van der Waals surface area contributed by atoms with E-state index in [4.69, 9.17) is 21.1 Å². The number of amides is 1. The molecular formula is C22H23ClN4O5S2. The lowest BCUT2D eigenvalue weighted by atomic mass is 10.1. The van der Waals surface area contributed by atoms with Crippen molar-refractivity contribution in [3.63, 3.8) is 0 Å². The number of nitrogens with one attached hydrogen (secondary N) is 1.